The van der Waals surface area contributed by atoms with E-state index in [-0.39, 0.29) is 55.1 Å². The summed E-state index contributed by atoms with van der Waals surface area (Å²) in [4.78, 5) is 26.8. The van der Waals surface area contributed by atoms with E-state index in [1.54, 1.807) is 11.9 Å². The second-order valence-corrected chi connectivity index (χ2v) is 10.1. The molecule has 2 bridgehead atoms. The number of hydrogen-bond donors (Lipinski definition) is 3. The highest BCUT2D eigenvalue weighted by Crippen LogP contribution is 2.63. The number of alkyl halides is 4. The average molecular weight is 467 g/mol. The number of carbonyl (C=O) groups excluding carboxylic acids is 2. The molecule has 1 saturated heterocycles. The lowest BCUT2D eigenvalue weighted by molar-refractivity contribution is -0.189. The van der Waals surface area contributed by atoms with Gasteiger partial charge in [-0.2, -0.15) is 0 Å². The van der Waals surface area contributed by atoms with E-state index >= 15 is 0 Å². The van der Waals surface area contributed by atoms with Crippen LogP contribution in [0.5, 0.6) is 0 Å². The van der Waals surface area contributed by atoms with Gasteiger partial charge in [0.1, 0.15) is 12.8 Å². The quantitative estimate of drug-likeness (QED) is 0.487. The Labute approximate surface area is 184 Å². The van der Waals surface area contributed by atoms with Crippen LogP contribution in [0.3, 0.4) is 0 Å². The third-order valence-corrected chi connectivity index (χ3v) is 7.81. The third kappa shape index (κ3) is 4.54. The van der Waals surface area contributed by atoms with Gasteiger partial charge in [0, 0.05) is 37.6 Å². The molecule has 5 aliphatic rings. The van der Waals surface area contributed by atoms with Gasteiger partial charge in [-0.05, 0) is 32.1 Å². The molecule has 3 N–H and O–H groups in total. The molecule has 5 rings (SSSR count). The van der Waals surface area contributed by atoms with Gasteiger partial charge in [-0.25, -0.2) is 13.2 Å². The monoisotopic (exact) mass is 466 g/mol. The molecule has 0 spiro atoms. The van der Waals surface area contributed by atoms with E-state index in [1.807, 2.05) is 0 Å². The van der Waals surface area contributed by atoms with Crippen molar-refractivity contribution >= 4 is 23.4 Å². The van der Waals surface area contributed by atoms with Crippen molar-refractivity contribution in [2.45, 2.75) is 85.8 Å². The van der Waals surface area contributed by atoms with Gasteiger partial charge in [-0.15, -0.1) is 11.6 Å². The molecule has 0 aromatic carbocycles. The molecule has 11 heteroatoms. The summed E-state index contributed by atoms with van der Waals surface area (Å²) in [6, 6.07) is -1.47. The van der Waals surface area contributed by atoms with Crippen molar-refractivity contribution in [1.82, 2.24) is 20.9 Å². The van der Waals surface area contributed by atoms with Gasteiger partial charge >= 0.3 is 0 Å². The smallest absolute Gasteiger partial charge is 0.254 e. The Morgan fingerprint density at radius 3 is 2.52 bits per heavy atom. The van der Waals surface area contributed by atoms with E-state index in [4.69, 9.17) is 16.3 Å². The minimum Gasteiger partial charge on any atom is -0.368 e. The molecule has 5 fully saturated rings. The first-order valence-corrected chi connectivity index (χ1v) is 11.3. The van der Waals surface area contributed by atoms with E-state index in [2.05, 4.69) is 16.0 Å². The summed E-state index contributed by atoms with van der Waals surface area (Å²) in [6.45, 7) is 0.0975. The van der Waals surface area contributed by atoms with Crippen LogP contribution in [0.4, 0.5) is 13.2 Å². The Hall–Kier alpha value is -1.10. The summed E-state index contributed by atoms with van der Waals surface area (Å²) in [7, 11) is 1.73. The number of rotatable bonds is 7. The number of hydrogen-bond acceptors (Lipinski definition) is 5. The van der Waals surface area contributed by atoms with Crippen LogP contribution in [-0.4, -0.2) is 90.7 Å². The number of ether oxygens (including phenoxy) is 1. The maximum absolute atomic E-state index is 13.7. The Morgan fingerprint density at radius 2 is 1.94 bits per heavy atom. The zero-order valence-corrected chi connectivity index (χ0v) is 18.3. The van der Waals surface area contributed by atoms with Crippen LogP contribution in [-0.2, 0) is 14.3 Å². The molecule has 4 saturated carbocycles. The summed E-state index contributed by atoms with van der Waals surface area (Å²) in [5, 5.41) is 8.16. The molecule has 176 valence electrons. The fraction of sp³-hybridized carbons (Fsp3) is 0.900. The molecule has 2 amide bonds. The van der Waals surface area contributed by atoms with Gasteiger partial charge in [-0.1, -0.05) is 0 Å². The van der Waals surface area contributed by atoms with Crippen LogP contribution in [0.15, 0.2) is 0 Å². The second kappa shape index (κ2) is 8.68. The SMILES string of the molecule is CN(C(=O)C1CNC(C(F)F)CN1)C12CC(NC(=O)COC3CCC(Cl)C(F)C3)(C1)C2. The predicted octanol–water partition coefficient (Wildman–Crippen LogP) is 0.946. The summed E-state index contributed by atoms with van der Waals surface area (Å²) >= 11 is 5.87. The molecule has 5 unspecified atom stereocenters. The van der Waals surface area contributed by atoms with Gasteiger partial charge in [-0.3, -0.25) is 9.59 Å². The van der Waals surface area contributed by atoms with Crippen LogP contribution >= 0.6 is 11.6 Å². The van der Waals surface area contributed by atoms with E-state index in [9.17, 15) is 22.8 Å². The van der Waals surface area contributed by atoms with Crippen LogP contribution in [0.25, 0.3) is 0 Å². The van der Waals surface area contributed by atoms with Crippen molar-refractivity contribution in [3.05, 3.63) is 0 Å². The van der Waals surface area contributed by atoms with Gasteiger partial charge in [0.2, 0.25) is 11.8 Å². The zero-order chi connectivity index (χ0) is 22.4. The highest BCUT2D eigenvalue weighted by molar-refractivity contribution is 6.21. The Kier molecular flexibility index (Phi) is 6.46. The summed E-state index contributed by atoms with van der Waals surface area (Å²) in [5.74, 6) is -0.360. The standard InChI is InChI=1S/C20H30ClF3N4O3/c1-28(18(30)15-6-25-14(5-26-15)17(23)24)20-8-19(9-20,10-20)27-16(29)7-31-11-2-3-12(21)13(22)4-11/h11-15,17,25-26H,2-10H2,1H3,(H,27,29). The number of amides is 2. The van der Waals surface area contributed by atoms with Gasteiger partial charge in [0.15, 0.2) is 0 Å². The first kappa shape index (κ1) is 23.1. The second-order valence-electron chi connectivity index (χ2n) is 9.57. The highest BCUT2D eigenvalue weighted by atomic mass is 35.5. The van der Waals surface area contributed by atoms with E-state index < -0.39 is 30.1 Å². The number of nitrogens with one attached hydrogen (secondary N) is 3. The lowest BCUT2D eigenvalue weighted by Crippen LogP contribution is -2.84. The summed E-state index contributed by atoms with van der Waals surface area (Å²) < 4.78 is 44.7. The fourth-order valence-electron chi connectivity index (χ4n) is 5.45. The number of carbonyl (C=O) groups is 2. The maximum Gasteiger partial charge on any atom is 0.254 e. The van der Waals surface area contributed by atoms with Gasteiger partial charge < -0.3 is 25.6 Å². The molecule has 7 nitrogen and oxygen atoms in total. The minimum absolute atomic E-state index is 0.0462. The van der Waals surface area contributed by atoms with Crippen LogP contribution in [0.2, 0.25) is 0 Å². The summed E-state index contributed by atoms with van der Waals surface area (Å²) in [6.07, 6.45) is -0.483. The largest absolute Gasteiger partial charge is 0.368 e. The molecule has 1 heterocycles. The van der Waals surface area contributed by atoms with E-state index in [0.717, 1.165) is 0 Å². The number of halogens is 4. The molecular formula is C20H30ClF3N4O3. The Bertz CT molecular complexity index is 687. The van der Waals surface area contributed by atoms with Crippen LogP contribution in [0.1, 0.15) is 38.5 Å². The van der Waals surface area contributed by atoms with Crippen LogP contribution < -0.4 is 16.0 Å². The van der Waals surface area contributed by atoms with Crippen molar-refractivity contribution in [2.75, 3.05) is 26.7 Å². The van der Waals surface area contributed by atoms with Crippen molar-refractivity contribution in [1.29, 1.82) is 0 Å². The van der Waals surface area contributed by atoms with E-state index in [1.165, 1.54) is 0 Å². The maximum atomic E-state index is 13.7. The zero-order valence-electron chi connectivity index (χ0n) is 17.5. The Balaban J connectivity index is 1.18. The van der Waals surface area contributed by atoms with Crippen molar-refractivity contribution in [3.8, 4) is 0 Å². The topological polar surface area (TPSA) is 82.7 Å². The number of likely N-dealkylation sites (N-methyl/N-ethyl adjacent to an activating group) is 1. The first-order valence-electron chi connectivity index (χ1n) is 10.9. The highest BCUT2D eigenvalue weighted by Gasteiger charge is 2.71. The third-order valence-electron chi connectivity index (χ3n) is 7.31. The number of nitrogens with zero attached hydrogens (tertiary/aromatic N) is 1. The molecule has 31 heavy (non-hydrogen) atoms. The van der Waals surface area contributed by atoms with Crippen LogP contribution in [0, 0.1) is 0 Å². The molecular weight excluding hydrogens is 437 g/mol. The fourth-order valence-corrected chi connectivity index (χ4v) is 5.67. The minimum atomic E-state index is -2.47. The lowest BCUT2D eigenvalue weighted by Gasteiger charge is -2.73. The molecule has 5 atom stereocenters. The van der Waals surface area contributed by atoms with Crippen molar-refractivity contribution in [3.63, 3.8) is 0 Å². The molecule has 4 aliphatic carbocycles. The lowest BCUT2D eigenvalue weighted by atomic mass is 9.43. The normalized spacial score (nSPS) is 41.8. The number of piperazine rings is 1. The van der Waals surface area contributed by atoms with Crippen molar-refractivity contribution in [2.24, 2.45) is 0 Å². The first-order chi connectivity index (χ1) is 14.6. The molecule has 0 aromatic heterocycles. The van der Waals surface area contributed by atoms with Gasteiger partial charge in [0.25, 0.3) is 6.43 Å². The predicted molar refractivity (Wildman–Crippen MR) is 108 cm³/mol. The molecule has 1 aliphatic heterocycles. The average Bonchev–Trinajstić information content (AvgIpc) is 2.69. The molecule has 0 radical (unpaired) electrons. The Morgan fingerprint density at radius 1 is 1.23 bits per heavy atom. The van der Waals surface area contributed by atoms with Gasteiger partial charge in [0.05, 0.1) is 23.6 Å². The summed E-state index contributed by atoms with van der Waals surface area (Å²) in [5.41, 5.74) is -0.600. The van der Waals surface area contributed by atoms with E-state index in [0.29, 0.717) is 32.1 Å². The van der Waals surface area contributed by atoms with Crippen molar-refractivity contribution < 1.29 is 27.5 Å². The molecule has 0 aromatic rings.